The van der Waals surface area contributed by atoms with Crippen LogP contribution in [0.15, 0.2) is 24.3 Å². The Bertz CT molecular complexity index is 489. The first kappa shape index (κ1) is 16.7. The molecule has 0 bridgehead atoms. The summed E-state index contributed by atoms with van der Waals surface area (Å²) in [6.07, 6.45) is -4.09. The Hall–Kier alpha value is -2.32. The van der Waals surface area contributed by atoms with Crippen LogP contribution in [0.1, 0.15) is 12.8 Å². The van der Waals surface area contributed by atoms with Gasteiger partial charge in [0.2, 0.25) is 5.91 Å². The molecule has 116 valence electrons. The zero-order valence-electron chi connectivity index (χ0n) is 10.9. The number of non-ortho nitro benzene ring substituents is 1. The van der Waals surface area contributed by atoms with Gasteiger partial charge in [-0.05, 0) is 18.6 Å². The summed E-state index contributed by atoms with van der Waals surface area (Å²) >= 11 is 0. The number of anilines is 1. The van der Waals surface area contributed by atoms with Crippen molar-refractivity contribution in [2.24, 2.45) is 0 Å². The van der Waals surface area contributed by atoms with E-state index in [0.29, 0.717) is 18.7 Å². The number of carbonyl (C=O) groups excluding carboxylic acids is 1. The van der Waals surface area contributed by atoms with E-state index in [0.717, 1.165) is 0 Å². The second kappa shape index (κ2) is 7.46. The highest BCUT2D eigenvalue weighted by molar-refractivity contribution is 5.75. The molecular formula is C12H14F3N3O3. The maximum atomic E-state index is 11.8. The fourth-order valence-corrected chi connectivity index (χ4v) is 1.47. The molecule has 9 heteroatoms. The number of carbonyl (C=O) groups is 1. The highest BCUT2D eigenvalue weighted by Crippen LogP contribution is 2.15. The van der Waals surface area contributed by atoms with E-state index < -0.39 is 23.6 Å². The molecule has 0 unspecified atom stereocenters. The molecular weight excluding hydrogens is 291 g/mol. The third-order valence-electron chi connectivity index (χ3n) is 2.47. The first-order valence-corrected chi connectivity index (χ1v) is 6.10. The highest BCUT2D eigenvalue weighted by atomic mass is 19.4. The Morgan fingerprint density at radius 1 is 1.24 bits per heavy atom. The number of benzene rings is 1. The van der Waals surface area contributed by atoms with Crippen LogP contribution in [0, 0.1) is 10.1 Å². The molecule has 0 aliphatic carbocycles. The zero-order chi connectivity index (χ0) is 15.9. The van der Waals surface area contributed by atoms with Gasteiger partial charge in [-0.25, -0.2) is 0 Å². The molecule has 0 saturated heterocycles. The minimum Gasteiger partial charge on any atom is -0.385 e. The van der Waals surface area contributed by atoms with Crippen LogP contribution < -0.4 is 10.6 Å². The number of nitrogens with one attached hydrogen (secondary N) is 2. The Morgan fingerprint density at radius 3 is 2.38 bits per heavy atom. The molecule has 21 heavy (non-hydrogen) atoms. The Morgan fingerprint density at radius 2 is 1.86 bits per heavy atom. The van der Waals surface area contributed by atoms with E-state index in [2.05, 4.69) is 5.32 Å². The van der Waals surface area contributed by atoms with Gasteiger partial charge >= 0.3 is 6.18 Å². The molecule has 1 amide bonds. The minimum atomic E-state index is -4.41. The summed E-state index contributed by atoms with van der Waals surface area (Å²) in [5.41, 5.74) is 0.600. The SMILES string of the molecule is O=C(CCCNc1ccc([N+](=O)[O-])cc1)NCC(F)(F)F. The number of hydrogen-bond acceptors (Lipinski definition) is 4. The van der Waals surface area contributed by atoms with Crippen LogP contribution >= 0.6 is 0 Å². The van der Waals surface area contributed by atoms with Gasteiger partial charge in [-0.3, -0.25) is 14.9 Å². The van der Waals surface area contributed by atoms with Gasteiger partial charge < -0.3 is 10.6 Å². The summed E-state index contributed by atoms with van der Waals surface area (Å²) in [6.45, 7) is -0.959. The van der Waals surface area contributed by atoms with E-state index in [-0.39, 0.29) is 12.1 Å². The van der Waals surface area contributed by atoms with Crippen molar-refractivity contribution in [3.63, 3.8) is 0 Å². The monoisotopic (exact) mass is 305 g/mol. The van der Waals surface area contributed by atoms with E-state index >= 15 is 0 Å². The van der Waals surface area contributed by atoms with Crippen molar-refractivity contribution >= 4 is 17.3 Å². The van der Waals surface area contributed by atoms with Gasteiger partial charge in [0.25, 0.3) is 5.69 Å². The summed E-state index contributed by atoms with van der Waals surface area (Å²) in [5, 5.41) is 15.1. The average Bonchev–Trinajstić information content (AvgIpc) is 2.41. The van der Waals surface area contributed by atoms with Crippen LogP contribution in [0.3, 0.4) is 0 Å². The quantitative estimate of drug-likeness (QED) is 0.460. The molecule has 2 N–H and O–H groups in total. The van der Waals surface area contributed by atoms with E-state index in [1.54, 1.807) is 5.32 Å². The number of amides is 1. The van der Waals surface area contributed by atoms with Crippen LogP contribution in [-0.4, -0.2) is 30.1 Å². The van der Waals surface area contributed by atoms with Gasteiger partial charge in [0, 0.05) is 30.8 Å². The Labute approximate surface area is 118 Å². The molecule has 0 saturated carbocycles. The maximum absolute atomic E-state index is 11.8. The summed E-state index contributed by atoms with van der Waals surface area (Å²) in [6, 6.07) is 5.69. The van der Waals surface area contributed by atoms with Crippen molar-refractivity contribution in [1.82, 2.24) is 5.32 Å². The van der Waals surface area contributed by atoms with Gasteiger partial charge in [0.05, 0.1) is 4.92 Å². The largest absolute Gasteiger partial charge is 0.405 e. The topological polar surface area (TPSA) is 84.3 Å². The second-order valence-corrected chi connectivity index (χ2v) is 4.23. The van der Waals surface area contributed by atoms with Gasteiger partial charge in [-0.1, -0.05) is 0 Å². The average molecular weight is 305 g/mol. The van der Waals surface area contributed by atoms with E-state index in [9.17, 15) is 28.1 Å². The fraction of sp³-hybridized carbons (Fsp3) is 0.417. The van der Waals surface area contributed by atoms with Gasteiger partial charge in [-0.15, -0.1) is 0 Å². The molecule has 1 aromatic carbocycles. The van der Waals surface area contributed by atoms with Crippen LogP contribution in [0.4, 0.5) is 24.5 Å². The lowest BCUT2D eigenvalue weighted by atomic mass is 10.2. The number of nitrogens with zero attached hydrogens (tertiary/aromatic N) is 1. The number of nitro benzene ring substituents is 1. The standard InChI is InChI=1S/C12H14F3N3O3/c13-12(14,15)8-17-11(19)2-1-7-16-9-3-5-10(6-4-9)18(20)21/h3-6,16H,1-2,7-8H2,(H,17,19). The predicted molar refractivity (Wildman–Crippen MR) is 69.9 cm³/mol. The zero-order valence-corrected chi connectivity index (χ0v) is 10.9. The maximum Gasteiger partial charge on any atom is 0.405 e. The molecule has 6 nitrogen and oxygen atoms in total. The second-order valence-electron chi connectivity index (χ2n) is 4.23. The summed E-state index contributed by atoms with van der Waals surface area (Å²) in [7, 11) is 0. The van der Waals surface area contributed by atoms with Crippen LogP contribution in [-0.2, 0) is 4.79 Å². The lowest BCUT2D eigenvalue weighted by molar-refractivity contribution is -0.384. The van der Waals surface area contributed by atoms with Crippen LogP contribution in [0.2, 0.25) is 0 Å². The number of hydrogen-bond donors (Lipinski definition) is 2. The summed E-state index contributed by atoms with van der Waals surface area (Å²) in [5.74, 6) is -0.669. The van der Waals surface area contributed by atoms with E-state index in [4.69, 9.17) is 0 Å². The molecule has 0 spiro atoms. The third kappa shape index (κ3) is 7.14. The number of rotatable bonds is 7. The van der Waals surface area contributed by atoms with E-state index in [1.165, 1.54) is 24.3 Å². The lowest BCUT2D eigenvalue weighted by Crippen LogP contribution is -2.33. The molecule has 0 aliphatic rings. The first-order valence-electron chi connectivity index (χ1n) is 6.10. The van der Waals surface area contributed by atoms with Crippen LogP contribution in [0.25, 0.3) is 0 Å². The summed E-state index contributed by atoms with van der Waals surface area (Å²) < 4.78 is 35.5. The molecule has 0 radical (unpaired) electrons. The lowest BCUT2D eigenvalue weighted by Gasteiger charge is -2.09. The molecule has 0 heterocycles. The first-order chi connectivity index (χ1) is 9.78. The minimum absolute atomic E-state index is 0.0317. The van der Waals surface area contributed by atoms with E-state index in [1.807, 2.05) is 0 Å². The number of nitro groups is 1. The fourth-order valence-electron chi connectivity index (χ4n) is 1.47. The molecule has 0 atom stereocenters. The van der Waals surface area contributed by atoms with Crippen molar-refractivity contribution < 1.29 is 22.9 Å². The summed E-state index contributed by atoms with van der Waals surface area (Å²) in [4.78, 5) is 21.0. The predicted octanol–water partition coefficient (Wildman–Crippen LogP) is 2.47. The van der Waals surface area contributed by atoms with Gasteiger partial charge in [-0.2, -0.15) is 13.2 Å². The third-order valence-corrected chi connectivity index (χ3v) is 2.47. The van der Waals surface area contributed by atoms with Crippen molar-refractivity contribution in [1.29, 1.82) is 0 Å². The van der Waals surface area contributed by atoms with Crippen molar-refractivity contribution in [2.75, 3.05) is 18.4 Å². The molecule has 1 aromatic rings. The molecule has 0 aromatic heterocycles. The van der Waals surface area contributed by atoms with Gasteiger partial charge in [0.1, 0.15) is 6.54 Å². The van der Waals surface area contributed by atoms with Crippen molar-refractivity contribution in [3.8, 4) is 0 Å². The Kier molecular flexibility index (Phi) is 5.94. The highest BCUT2D eigenvalue weighted by Gasteiger charge is 2.27. The number of alkyl halides is 3. The molecule has 0 aliphatic heterocycles. The smallest absolute Gasteiger partial charge is 0.385 e. The Balaban J connectivity index is 2.22. The number of halogens is 3. The molecule has 1 rings (SSSR count). The van der Waals surface area contributed by atoms with Gasteiger partial charge in [0.15, 0.2) is 0 Å². The molecule has 0 fully saturated rings. The van der Waals surface area contributed by atoms with Crippen molar-refractivity contribution in [2.45, 2.75) is 19.0 Å². The van der Waals surface area contributed by atoms with Crippen LogP contribution in [0.5, 0.6) is 0 Å². The van der Waals surface area contributed by atoms with Crippen molar-refractivity contribution in [3.05, 3.63) is 34.4 Å². The normalized spacial score (nSPS) is 11.0.